The fourth-order valence-electron chi connectivity index (χ4n) is 5.25. The van der Waals surface area contributed by atoms with Crippen LogP contribution in [0.2, 0.25) is 0 Å². The Bertz CT molecular complexity index is 1170. The first kappa shape index (κ1) is 25.8. The molecule has 1 aliphatic heterocycles. The van der Waals surface area contributed by atoms with Crippen molar-refractivity contribution in [1.29, 1.82) is 0 Å². The number of aliphatic hydroxyl groups excluding tert-OH is 1. The largest absolute Gasteiger partial charge is 0.507 e. The first-order chi connectivity index (χ1) is 17.4. The predicted octanol–water partition coefficient (Wildman–Crippen LogP) is 4.43. The van der Waals surface area contributed by atoms with Gasteiger partial charge in [-0.3, -0.25) is 9.59 Å². The molecule has 4 rings (SSSR count). The maximum absolute atomic E-state index is 13.4. The molecule has 0 aromatic heterocycles. The number of amides is 1. The van der Waals surface area contributed by atoms with Gasteiger partial charge in [-0.15, -0.1) is 0 Å². The van der Waals surface area contributed by atoms with Gasteiger partial charge in [-0.25, -0.2) is 0 Å². The normalized spacial score (nSPS) is 19.1. The molecule has 2 N–H and O–H groups in total. The van der Waals surface area contributed by atoms with Crippen molar-refractivity contribution in [3.05, 3.63) is 64.2 Å². The molecule has 7 heteroatoms. The van der Waals surface area contributed by atoms with E-state index in [4.69, 9.17) is 4.74 Å². The summed E-state index contributed by atoms with van der Waals surface area (Å²) >= 11 is 0. The van der Waals surface area contributed by atoms with Crippen LogP contribution in [0.15, 0.2) is 42.0 Å². The summed E-state index contributed by atoms with van der Waals surface area (Å²) < 4.78 is 5.58. The molecule has 0 bridgehead atoms. The van der Waals surface area contributed by atoms with Crippen LogP contribution < -0.4 is 4.74 Å². The predicted molar refractivity (Wildman–Crippen MR) is 139 cm³/mol. The Hall–Kier alpha value is -3.32. The van der Waals surface area contributed by atoms with Crippen LogP contribution in [0.4, 0.5) is 0 Å². The van der Waals surface area contributed by atoms with E-state index < -0.39 is 17.7 Å². The first-order valence-corrected chi connectivity index (χ1v) is 13.0. The summed E-state index contributed by atoms with van der Waals surface area (Å²) in [6.07, 6.45) is 4.20. The number of hydrogen-bond donors (Lipinski definition) is 2. The van der Waals surface area contributed by atoms with Crippen LogP contribution in [-0.4, -0.2) is 64.5 Å². The van der Waals surface area contributed by atoms with Crippen molar-refractivity contribution in [1.82, 2.24) is 9.80 Å². The Morgan fingerprint density at radius 3 is 2.44 bits per heavy atom. The highest BCUT2D eigenvalue weighted by Crippen LogP contribution is 2.42. The number of rotatable bonds is 9. The van der Waals surface area contributed by atoms with E-state index in [-0.39, 0.29) is 22.8 Å². The highest BCUT2D eigenvalue weighted by molar-refractivity contribution is 6.46. The van der Waals surface area contributed by atoms with Gasteiger partial charge in [0.2, 0.25) is 0 Å². The van der Waals surface area contributed by atoms with Gasteiger partial charge in [-0.2, -0.15) is 0 Å². The van der Waals surface area contributed by atoms with E-state index in [1.165, 1.54) is 22.1 Å². The summed E-state index contributed by atoms with van der Waals surface area (Å²) in [6.45, 7) is 8.88. The number of ketones is 1. The molecular weight excluding hydrogens is 456 g/mol. The van der Waals surface area contributed by atoms with Crippen LogP contribution in [0.3, 0.4) is 0 Å². The fourth-order valence-corrected chi connectivity index (χ4v) is 5.25. The molecule has 36 heavy (non-hydrogen) atoms. The number of benzene rings is 2. The van der Waals surface area contributed by atoms with Gasteiger partial charge in [0, 0.05) is 18.7 Å². The second-order valence-corrected chi connectivity index (χ2v) is 9.37. The summed E-state index contributed by atoms with van der Waals surface area (Å²) in [5, 5.41) is 21.7. The van der Waals surface area contributed by atoms with Crippen LogP contribution >= 0.6 is 0 Å². The SMILES string of the molecule is CCOc1cc(C2/C(=C(\O)c3ccc4c(c3)CCCC4)C(=O)C(=O)N2CCN(CC)CC)ccc1O. The quantitative estimate of drug-likeness (QED) is 0.306. The highest BCUT2D eigenvalue weighted by atomic mass is 16.5. The van der Waals surface area contributed by atoms with Crippen molar-refractivity contribution in [2.75, 3.05) is 32.8 Å². The van der Waals surface area contributed by atoms with Crippen molar-refractivity contribution >= 4 is 17.4 Å². The Morgan fingerprint density at radius 1 is 1.03 bits per heavy atom. The smallest absolute Gasteiger partial charge is 0.295 e. The summed E-state index contributed by atoms with van der Waals surface area (Å²) in [5.41, 5.74) is 3.68. The van der Waals surface area contributed by atoms with Gasteiger partial charge in [0.1, 0.15) is 5.76 Å². The number of likely N-dealkylation sites (tertiary alicyclic amines) is 1. The van der Waals surface area contributed by atoms with Crippen LogP contribution in [0.5, 0.6) is 11.5 Å². The van der Waals surface area contributed by atoms with E-state index in [1.54, 1.807) is 12.1 Å². The van der Waals surface area contributed by atoms with Crippen LogP contribution in [0.25, 0.3) is 5.76 Å². The Labute approximate surface area is 213 Å². The Kier molecular flexibility index (Phi) is 7.99. The van der Waals surface area contributed by atoms with E-state index in [2.05, 4.69) is 18.7 Å². The number of hydrogen-bond acceptors (Lipinski definition) is 6. The molecule has 1 heterocycles. The number of aliphatic hydroxyl groups is 1. The minimum Gasteiger partial charge on any atom is -0.507 e. The van der Waals surface area contributed by atoms with Gasteiger partial charge < -0.3 is 24.7 Å². The molecule has 0 spiro atoms. The molecule has 0 radical (unpaired) electrons. The minimum atomic E-state index is -0.781. The number of aryl methyl sites for hydroxylation is 2. The number of phenols is 1. The number of carbonyl (C=O) groups is 2. The molecule has 1 atom stereocenters. The third-order valence-corrected chi connectivity index (χ3v) is 7.31. The Morgan fingerprint density at radius 2 is 1.75 bits per heavy atom. The van der Waals surface area contributed by atoms with Crippen LogP contribution in [-0.2, 0) is 22.4 Å². The highest BCUT2D eigenvalue weighted by Gasteiger charge is 2.46. The molecule has 2 aromatic rings. The monoisotopic (exact) mass is 492 g/mol. The molecule has 2 aliphatic rings. The van der Waals surface area contributed by atoms with E-state index in [0.717, 1.165) is 38.8 Å². The molecule has 1 saturated heterocycles. The average molecular weight is 493 g/mol. The second-order valence-electron chi connectivity index (χ2n) is 9.37. The van der Waals surface area contributed by atoms with Crippen molar-refractivity contribution in [3.8, 4) is 11.5 Å². The number of nitrogens with zero attached hydrogens (tertiary/aromatic N) is 2. The maximum Gasteiger partial charge on any atom is 0.295 e. The van der Waals surface area contributed by atoms with Crippen molar-refractivity contribution in [3.63, 3.8) is 0 Å². The third kappa shape index (κ3) is 4.98. The summed E-state index contributed by atoms with van der Waals surface area (Å²) in [7, 11) is 0. The zero-order valence-electron chi connectivity index (χ0n) is 21.4. The number of carbonyl (C=O) groups excluding carboxylic acids is 2. The number of phenolic OH excluding ortho intramolecular Hbond substituents is 1. The van der Waals surface area contributed by atoms with E-state index >= 15 is 0 Å². The van der Waals surface area contributed by atoms with Crippen LogP contribution in [0, 0.1) is 0 Å². The van der Waals surface area contributed by atoms with E-state index in [0.29, 0.717) is 30.8 Å². The van der Waals surface area contributed by atoms with E-state index in [1.807, 2.05) is 25.1 Å². The zero-order valence-corrected chi connectivity index (χ0v) is 21.4. The molecule has 1 unspecified atom stereocenters. The second kappa shape index (κ2) is 11.2. The molecule has 0 saturated carbocycles. The Balaban J connectivity index is 1.82. The number of fused-ring (bicyclic) bond motifs is 1. The zero-order chi connectivity index (χ0) is 25.8. The number of Topliss-reactive ketones (excluding diaryl/α,β-unsaturated/α-hetero) is 1. The fraction of sp³-hybridized carbons (Fsp3) is 0.448. The summed E-state index contributed by atoms with van der Waals surface area (Å²) in [4.78, 5) is 30.3. The number of aromatic hydroxyl groups is 1. The molecule has 192 valence electrons. The van der Waals surface area contributed by atoms with Crippen molar-refractivity contribution in [2.45, 2.75) is 52.5 Å². The van der Waals surface area contributed by atoms with Crippen molar-refractivity contribution < 1.29 is 24.5 Å². The third-order valence-electron chi connectivity index (χ3n) is 7.31. The van der Waals surface area contributed by atoms with Gasteiger partial charge in [-0.1, -0.05) is 32.0 Å². The first-order valence-electron chi connectivity index (χ1n) is 13.0. The lowest BCUT2D eigenvalue weighted by Gasteiger charge is -2.28. The molecule has 7 nitrogen and oxygen atoms in total. The number of likely N-dealkylation sites (N-methyl/N-ethyl adjacent to an activating group) is 1. The lowest BCUT2D eigenvalue weighted by atomic mass is 9.88. The van der Waals surface area contributed by atoms with Crippen LogP contribution in [0.1, 0.15) is 61.9 Å². The van der Waals surface area contributed by atoms with E-state index in [9.17, 15) is 19.8 Å². The number of ether oxygens (including phenoxy) is 1. The van der Waals surface area contributed by atoms with Gasteiger partial charge in [0.25, 0.3) is 11.7 Å². The van der Waals surface area contributed by atoms with Gasteiger partial charge in [0.15, 0.2) is 11.5 Å². The van der Waals surface area contributed by atoms with Crippen molar-refractivity contribution in [2.24, 2.45) is 0 Å². The lowest BCUT2D eigenvalue weighted by Crippen LogP contribution is -2.38. The molecule has 1 fully saturated rings. The standard InChI is InChI=1S/C29H36N2O5/c1-4-30(5-2)15-16-31-26(21-13-14-23(32)24(18-21)36-6-3)25(28(34)29(31)35)27(33)22-12-11-19-9-7-8-10-20(19)17-22/h11-14,17-18,26,32-33H,4-10,15-16H2,1-3H3/b27-25+. The molecular formula is C29H36N2O5. The summed E-state index contributed by atoms with van der Waals surface area (Å²) in [6, 6.07) is 9.86. The minimum absolute atomic E-state index is 0.0182. The van der Waals surface area contributed by atoms with Gasteiger partial charge in [0.05, 0.1) is 18.2 Å². The van der Waals surface area contributed by atoms with Gasteiger partial charge >= 0.3 is 0 Å². The molecule has 1 amide bonds. The summed E-state index contributed by atoms with van der Waals surface area (Å²) in [5.74, 6) is -1.23. The molecule has 1 aliphatic carbocycles. The molecule has 2 aromatic carbocycles. The topological polar surface area (TPSA) is 90.3 Å². The average Bonchev–Trinajstić information content (AvgIpc) is 3.15. The van der Waals surface area contributed by atoms with Gasteiger partial charge in [-0.05, 0) is 80.6 Å². The lowest BCUT2D eigenvalue weighted by molar-refractivity contribution is -0.140. The maximum atomic E-state index is 13.4.